The number of hydrogen-bond donors (Lipinski definition) is 0. The molecule has 6 heterocycles. The van der Waals surface area contributed by atoms with Crippen LogP contribution in [-0.2, 0) is 41.2 Å². The van der Waals surface area contributed by atoms with Gasteiger partial charge in [-0.2, -0.15) is 10.2 Å². The standard InChI is InChI=1S/C9H13N.C8H14N2.C8H12O.2C7H11NS.C5H8N2/c1-9(2,3)8-5-4-6-10-7-8;1-8(2,3)7-5-9-10(4)6-7;1-8(2,3)7-4-5-9-6-7;1-7(2,3)6-4-8-5-9-6;1-7(2,3)6-4-8-9-5-6;1-5-3-4-6-7(5)2/h4-7H,1-3H3;5-6H,1-4H3;4-6H,1-3H3;2*4-5H,1-3H3;3-4H,1-2H3. The van der Waals surface area contributed by atoms with E-state index in [1.54, 1.807) is 36.3 Å². The van der Waals surface area contributed by atoms with E-state index in [2.05, 4.69) is 146 Å². The SMILES string of the molecule is CC(C)(C)c1cccnc1.CC(C)(C)c1ccoc1.CC(C)(C)c1cncs1.CC(C)(C)c1cnsc1.Cc1ccnn1C.Cn1cc(C(C)(C)C)cn1. The summed E-state index contributed by atoms with van der Waals surface area (Å²) in [6.45, 7) is 34.8. The summed E-state index contributed by atoms with van der Waals surface area (Å²) in [7, 11) is 3.87. The predicted octanol–water partition coefficient (Wildman–Crippen LogP) is 12.3. The van der Waals surface area contributed by atoms with Crippen LogP contribution in [-0.4, -0.2) is 33.9 Å². The van der Waals surface area contributed by atoms with Crippen LogP contribution >= 0.6 is 22.9 Å². The molecule has 8 nitrogen and oxygen atoms in total. The molecule has 0 unspecified atom stereocenters. The number of rotatable bonds is 0. The van der Waals surface area contributed by atoms with Crippen LogP contribution in [0.4, 0.5) is 0 Å². The van der Waals surface area contributed by atoms with Crippen molar-refractivity contribution in [3.05, 3.63) is 124 Å². The number of aryl methyl sites for hydroxylation is 3. The minimum atomic E-state index is 0.229. The van der Waals surface area contributed by atoms with Crippen molar-refractivity contribution in [2.75, 3.05) is 0 Å². The number of furan rings is 1. The van der Waals surface area contributed by atoms with Crippen molar-refractivity contribution in [2.45, 2.75) is 138 Å². The van der Waals surface area contributed by atoms with Gasteiger partial charge in [-0.15, -0.1) is 11.3 Å². The van der Waals surface area contributed by atoms with Gasteiger partial charge in [0.15, 0.2) is 0 Å². The molecule has 0 atom stereocenters. The number of nitrogens with zero attached hydrogens (tertiary/aromatic N) is 7. The molecule has 6 rings (SSSR count). The summed E-state index contributed by atoms with van der Waals surface area (Å²) in [5, 5.41) is 10.1. The van der Waals surface area contributed by atoms with Crippen molar-refractivity contribution in [3.8, 4) is 0 Å². The van der Waals surface area contributed by atoms with Gasteiger partial charge >= 0.3 is 0 Å². The average molecular weight is 776 g/mol. The first kappa shape index (κ1) is 48.1. The first-order valence-electron chi connectivity index (χ1n) is 18.4. The zero-order valence-electron chi connectivity index (χ0n) is 36.5. The molecule has 0 N–H and O–H groups in total. The highest BCUT2D eigenvalue weighted by Crippen LogP contribution is 2.25. The molecule has 0 aliphatic carbocycles. The van der Waals surface area contributed by atoms with Crippen molar-refractivity contribution in [1.29, 1.82) is 0 Å². The second kappa shape index (κ2) is 21.3. The summed E-state index contributed by atoms with van der Waals surface area (Å²) >= 11 is 3.24. The van der Waals surface area contributed by atoms with Gasteiger partial charge < -0.3 is 4.42 Å². The van der Waals surface area contributed by atoms with Gasteiger partial charge in [0, 0.05) is 67.2 Å². The first-order valence-corrected chi connectivity index (χ1v) is 20.1. The number of hydrogen-bond acceptors (Lipinski definition) is 8. The number of thiazole rings is 1. The minimum Gasteiger partial charge on any atom is -0.472 e. The highest BCUT2D eigenvalue weighted by atomic mass is 32.1. The highest BCUT2D eigenvalue weighted by Gasteiger charge is 2.16. The van der Waals surface area contributed by atoms with Crippen LogP contribution in [0.2, 0.25) is 0 Å². The quantitative estimate of drug-likeness (QED) is 0.153. The van der Waals surface area contributed by atoms with Crippen LogP contribution < -0.4 is 0 Å². The normalized spacial score (nSPS) is 11.5. The lowest BCUT2D eigenvalue weighted by Gasteiger charge is -2.17. The van der Waals surface area contributed by atoms with Crippen molar-refractivity contribution < 1.29 is 4.42 Å². The molecule has 10 heteroatoms. The highest BCUT2D eigenvalue weighted by molar-refractivity contribution is 7.09. The van der Waals surface area contributed by atoms with Crippen molar-refractivity contribution in [1.82, 2.24) is 33.9 Å². The molecule has 0 aliphatic rings. The Morgan fingerprint density at radius 2 is 1.20 bits per heavy atom. The smallest absolute Gasteiger partial charge is 0.0939 e. The Hall–Kier alpha value is -3.89. The van der Waals surface area contributed by atoms with E-state index in [-0.39, 0.29) is 27.1 Å². The monoisotopic (exact) mass is 776 g/mol. The molecule has 6 aromatic rings. The van der Waals surface area contributed by atoms with Crippen LogP contribution in [0, 0.1) is 6.92 Å². The van der Waals surface area contributed by atoms with Gasteiger partial charge in [0.25, 0.3) is 0 Å². The topological polar surface area (TPSA) is 87.5 Å². The summed E-state index contributed by atoms with van der Waals surface area (Å²) in [5.74, 6) is 0. The molecule has 0 radical (unpaired) electrons. The Balaban J connectivity index is 0.000000325. The van der Waals surface area contributed by atoms with E-state index in [1.807, 2.05) is 78.9 Å². The van der Waals surface area contributed by atoms with E-state index in [0.717, 1.165) is 0 Å². The van der Waals surface area contributed by atoms with E-state index < -0.39 is 0 Å². The lowest BCUT2D eigenvalue weighted by Crippen LogP contribution is -2.10. The summed E-state index contributed by atoms with van der Waals surface area (Å²) in [6.07, 6.45) is 16.8. The van der Waals surface area contributed by atoms with E-state index in [0.29, 0.717) is 0 Å². The maximum atomic E-state index is 4.94. The molecule has 0 aromatic carbocycles. The summed E-state index contributed by atoms with van der Waals surface area (Å²) in [4.78, 5) is 9.41. The second-order valence-electron chi connectivity index (χ2n) is 18.3. The number of aromatic nitrogens is 7. The molecule has 0 saturated carbocycles. The van der Waals surface area contributed by atoms with Gasteiger partial charge in [0.1, 0.15) is 0 Å². The Morgan fingerprint density at radius 3 is 1.43 bits per heavy atom. The second-order valence-corrected chi connectivity index (χ2v) is 19.8. The van der Waals surface area contributed by atoms with Gasteiger partial charge in [0.2, 0.25) is 0 Å². The maximum absolute atomic E-state index is 4.94. The number of pyridine rings is 1. The average Bonchev–Trinajstić information content (AvgIpc) is 3.89. The molecule has 0 fully saturated rings. The lowest BCUT2D eigenvalue weighted by atomic mass is 9.88. The molecule has 6 aromatic heterocycles. The molecule has 0 saturated heterocycles. The van der Waals surface area contributed by atoms with Crippen LogP contribution in [0.5, 0.6) is 0 Å². The molecular formula is C44H69N7OS2. The fraction of sp³-hybridized carbons (Fsp3) is 0.523. The van der Waals surface area contributed by atoms with Gasteiger partial charge in [-0.1, -0.05) is 110 Å². The molecular weight excluding hydrogens is 707 g/mol. The Labute approximate surface area is 335 Å². The van der Waals surface area contributed by atoms with E-state index in [9.17, 15) is 0 Å². The van der Waals surface area contributed by atoms with Crippen molar-refractivity contribution in [2.24, 2.45) is 14.1 Å². The lowest BCUT2D eigenvalue weighted by molar-refractivity contribution is 0.537. The van der Waals surface area contributed by atoms with E-state index in [4.69, 9.17) is 4.42 Å². The van der Waals surface area contributed by atoms with Gasteiger partial charge in [-0.25, -0.2) is 4.37 Å². The van der Waals surface area contributed by atoms with Crippen LogP contribution in [0.3, 0.4) is 0 Å². The summed E-state index contributed by atoms with van der Waals surface area (Å²) in [6, 6.07) is 8.05. The third-order valence-corrected chi connectivity index (χ3v) is 9.81. The van der Waals surface area contributed by atoms with E-state index in [1.165, 1.54) is 44.4 Å². The van der Waals surface area contributed by atoms with Gasteiger partial charge in [0.05, 0.1) is 24.2 Å². The zero-order valence-corrected chi connectivity index (χ0v) is 38.1. The Bertz CT molecular complexity index is 1660. The Kier molecular flexibility index (Phi) is 19.0. The maximum Gasteiger partial charge on any atom is 0.0939 e. The zero-order chi connectivity index (χ0) is 41.4. The van der Waals surface area contributed by atoms with Gasteiger partial charge in [-0.05, 0) is 86.0 Å². The molecule has 0 aliphatic heterocycles. The molecule has 54 heavy (non-hydrogen) atoms. The molecule has 0 amide bonds. The van der Waals surface area contributed by atoms with Crippen molar-refractivity contribution >= 4 is 22.9 Å². The third-order valence-electron chi connectivity index (χ3n) is 8.02. The molecule has 298 valence electrons. The van der Waals surface area contributed by atoms with Crippen molar-refractivity contribution in [3.63, 3.8) is 0 Å². The fourth-order valence-electron chi connectivity index (χ4n) is 3.91. The van der Waals surface area contributed by atoms with Crippen LogP contribution in [0.25, 0.3) is 0 Å². The Morgan fingerprint density at radius 1 is 0.593 bits per heavy atom. The summed E-state index contributed by atoms with van der Waals surface area (Å²) < 4.78 is 12.6. The predicted molar refractivity (Wildman–Crippen MR) is 232 cm³/mol. The minimum absolute atomic E-state index is 0.229. The van der Waals surface area contributed by atoms with Crippen LogP contribution in [0.15, 0.2) is 95.5 Å². The molecule has 0 bridgehead atoms. The fourth-order valence-corrected chi connectivity index (χ4v) is 5.38. The van der Waals surface area contributed by atoms with Crippen LogP contribution in [0.1, 0.15) is 137 Å². The van der Waals surface area contributed by atoms with E-state index >= 15 is 0 Å². The summed E-state index contributed by atoms with van der Waals surface area (Å²) in [5.41, 5.74) is 9.46. The third kappa shape index (κ3) is 19.4. The largest absolute Gasteiger partial charge is 0.472 e. The molecule has 0 spiro atoms. The van der Waals surface area contributed by atoms with Gasteiger partial charge in [-0.3, -0.25) is 19.3 Å². The first-order chi connectivity index (χ1) is 24.7.